The van der Waals surface area contributed by atoms with Crippen molar-refractivity contribution >= 4 is 0 Å². The van der Waals surface area contributed by atoms with Gasteiger partial charge in [0.05, 0.1) is 0 Å². The quantitative estimate of drug-likeness (QED) is 0.643. The lowest BCUT2D eigenvalue weighted by Gasteiger charge is -2.54. The molecule has 138 valence electrons. The summed E-state index contributed by atoms with van der Waals surface area (Å²) in [6.07, 6.45) is -22.5. The van der Waals surface area contributed by atoms with Crippen LogP contribution in [0.3, 0.4) is 0 Å². The Morgan fingerprint density at radius 1 is 0.783 bits per heavy atom. The molecule has 0 amide bonds. The first-order valence-corrected chi connectivity index (χ1v) is 5.39. The van der Waals surface area contributed by atoms with Gasteiger partial charge in [-0.1, -0.05) is 0 Å². The second-order valence-corrected chi connectivity index (χ2v) is 5.08. The van der Waals surface area contributed by atoms with E-state index in [0.717, 1.165) is 0 Å². The number of halogens is 11. The zero-order chi connectivity index (χ0) is 18.9. The molecule has 0 saturated carbocycles. The predicted molar refractivity (Wildman–Crippen MR) is 47.1 cm³/mol. The highest BCUT2D eigenvalue weighted by Crippen LogP contribution is 2.62. The van der Waals surface area contributed by atoms with Gasteiger partial charge in [0, 0.05) is 6.42 Å². The minimum absolute atomic E-state index is 0.435. The standard InChI is InChI=1S/C9H7F11O3/c1-3(7(12,13)14)2-4(21,8(15,16)17)5(10,11)6(22,23-3)9(18,19)20/h21-22H,2H2,1H3. The summed E-state index contributed by atoms with van der Waals surface area (Å²) in [5.41, 5.74) is -10.4. The number of hydrogen-bond acceptors (Lipinski definition) is 3. The van der Waals surface area contributed by atoms with E-state index in [0.29, 0.717) is 0 Å². The zero-order valence-electron chi connectivity index (χ0n) is 10.7. The van der Waals surface area contributed by atoms with Crippen LogP contribution in [0, 0.1) is 0 Å². The van der Waals surface area contributed by atoms with E-state index in [2.05, 4.69) is 4.74 Å². The van der Waals surface area contributed by atoms with Crippen molar-refractivity contribution in [3.05, 3.63) is 0 Å². The highest BCUT2D eigenvalue weighted by molar-refractivity contribution is 5.16. The molecule has 0 bridgehead atoms. The van der Waals surface area contributed by atoms with E-state index in [4.69, 9.17) is 10.2 Å². The van der Waals surface area contributed by atoms with Crippen molar-refractivity contribution in [2.45, 2.75) is 54.8 Å². The molecule has 2 N–H and O–H groups in total. The molecule has 0 spiro atoms. The topological polar surface area (TPSA) is 49.7 Å². The lowest BCUT2D eigenvalue weighted by molar-refractivity contribution is -0.535. The summed E-state index contributed by atoms with van der Waals surface area (Å²) in [5.74, 6) is -12.8. The van der Waals surface area contributed by atoms with Gasteiger partial charge >= 0.3 is 30.2 Å². The first-order chi connectivity index (χ1) is 9.66. The number of ether oxygens (including phenoxy) is 1. The number of alkyl halides is 11. The molecule has 0 aliphatic carbocycles. The fraction of sp³-hybridized carbons (Fsp3) is 1.00. The van der Waals surface area contributed by atoms with E-state index >= 15 is 0 Å². The van der Waals surface area contributed by atoms with Crippen molar-refractivity contribution in [2.75, 3.05) is 0 Å². The highest BCUT2D eigenvalue weighted by atomic mass is 19.4. The summed E-state index contributed by atoms with van der Waals surface area (Å²) in [5, 5.41) is 17.9. The maximum atomic E-state index is 13.6. The van der Waals surface area contributed by atoms with Crippen LogP contribution >= 0.6 is 0 Å². The van der Waals surface area contributed by atoms with Crippen LogP contribution in [0.5, 0.6) is 0 Å². The molecule has 1 aliphatic rings. The normalized spacial score (nSPS) is 39.4. The fourth-order valence-electron chi connectivity index (χ4n) is 1.98. The van der Waals surface area contributed by atoms with Gasteiger partial charge in [0.1, 0.15) is 0 Å². The van der Waals surface area contributed by atoms with E-state index < -0.39 is 54.8 Å². The van der Waals surface area contributed by atoms with Crippen LogP contribution in [-0.2, 0) is 4.74 Å². The Hall–Kier alpha value is -0.890. The monoisotopic (exact) mass is 372 g/mol. The number of hydrogen-bond donors (Lipinski definition) is 2. The van der Waals surface area contributed by atoms with Crippen molar-refractivity contribution in [3.63, 3.8) is 0 Å². The summed E-state index contributed by atoms with van der Waals surface area (Å²) in [6.45, 7) is -0.435. The summed E-state index contributed by atoms with van der Waals surface area (Å²) in [4.78, 5) is 0. The lowest BCUT2D eigenvalue weighted by atomic mass is 9.75. The van der Waals surface area contributed by atoms with Crippen LogP contribution in [0.25, 0.3) is 0 Å². The molecule has 3 atom stereocenters. The van der Waals surface area contributed by atoms with Crippen LogP contribution in [-0.4, -0.2) is 51.7 Å². The molecule has 1 aliphatic heterocycles. The molecule has 23 heavy (non-hydrogen) atoms. The van der Waals surface area contributed by atoms with E-state index in [1.54, 1.807) is 0 Å². The molecular formula is C9H7F11O3. The van der Waals surface area contributed by atoms with Gasteiger partial charge in [0.25, 0.3) is 0 Å². The third-order valence-corrected chi connectivity index (χ3v) is 3.36. The third-order valence-electron chi connectivity index (χ3n) is 3.36. The molecule has 1 fully saturated rings. The van der Waals surface area contributed by atoms with Crippen LogP contribution in [0.15, 0.2) is 0 Å². The third kappa shape index (κ3) is 2.45. The molecular weight excluding hydrogens is 365 g/mol. The van der Waals surface area contributed by atoms with Crippen LogP contribution in [0.4, 0.5) is 48.3 Å². The lowest BCUT2D eigenvalue weighted by Crippen LogP contribution is -2.81. The number of rotatable bonds is 0. The van der Waals surface area contributed by atoms with Crippen molar-refractivity contribution < 1.29 is 63.2 Å². The molecule has 14 heteroatoms. The molecule has 1 saturated heterocycles. The van der Waals surface area contributed by atoms with Gasteiger partial charge in [-0.3, -0.25) is 0 Å². The van der Waals surface area contributed by atoms with Crippen molar-refractivity contribution in [1.29, 1.82) is 0 Å². The second-order valence-electron chi connectivity index (χ2n) is 5.08. The van der Waals surface area contributed by atoms with Gasteiger partial charge < -0.3 is 14.9 Å². The summed E-state index contributed by atoms with van der Waals surface area (Å²) < 4.78 is 144. The molecule has 0 aromatic rings. The van der Waals surface area contributed by atoms with Gasteiger partial charge in [-0.15, -0.1) is 0 Å². The average molecular weight is 372 g/mol. The molecule has 0 radical (unpaired) electrons. The van der Waals surface area contributed by atoms with Crippen molar-refractivity contribution in [2.24, 2.45) is 0 Å². The predicted octanol–water partition coefficient (Wildman–Crippen LogP) is 2.91. The SMILES string of the molecule is CC1(C(F)(F)F)CC(O)(C(F)(F)F)C(F)(F)C(O)(C(F)(F)F)O1. The minimum Gasteiger partial charge on any atom is -0.376 e. The molecule has 0 aromatic heterocycles. The first kappa shape index (κ1) is 20.2. The van der Waals surface area contributed by atoms with Gasteiger partial charge in [-0.2, -0.15) is 48.3 Å². The molecule has 0 aromatic carbocycles. The Morgan fingerprint density at radius 2 is 1.17 bits per heavy atom. The smallest absolute Gasteiger partial charge is 0.376 e. The van der Waals surface area contributed by atoms with E-state index in [9.17, 15) is 48.3 Å². The molecule has 3 unspecified atom stereocenters. The van der Waals surface area contributed by atoms with E-state index in [1.807, 2.05) is 0 Å². The summed E-state index contributed by atoms with van der Waals surface area (Å²) in [7, 11) is 0. The Kier molecular flexibility index (Phi) is 4.03. The second kappa shape index (κ2) is 4.59. The van der Waals surface area contributed by atoms with Gasteiger partial charge in [0.2, 0.25) is 5.60 Å². The van der Waals surface area contributed by atoms with Crippen LogP contribution < -0.4 is 0 Å². The Balaban J connectivity index is 3.75. The Morgan fingerprint density at radius 3 is 1.43 bits per heavy atom. The van der Waals surface area contributed by atoms with Crippen molar-refractivity contribution in [1.82, 2.24) is 0 Å². The maximum Gasteiger partial charge on any atom is 0.449 e. The average Bonchev–Trinajstić information content (AvgIpc) is 2.21. The maximum absolute atomic E-state index is 13.6. The van der Waals surface area contributed by atoms with Gasteiger partial charge in [-0.05, 0) is 6.92 Å². The largest absolute Gasteiger partial charge is 0.449 e. The van der Waals surface area contributed by atoms with Crippen LogP contribution in [0.1, 0.15) is 13.3 Å². The highest BCUT2D eigenvalue weighted by Gasteiger charge is 2.89. The summed E-state index contributed by atoms with van der Waals surface area (Å²) in [6, 6.07) is 0. The van der Waals surface area contributed by atoms with Gasteiger partial charge in [0.15, 0.2) is 5.60 Å². The summed E-state index contributed by atoms with van der Waals surface area (Å²) >= 11 is 0. The zero-order valence-corrected chi connectivity index (χ0v) is 10.7. The van der Waals surface area contributed by atoms with Crippen LogP contribution in [0.2, 0.25) is 0 Å². The molecule has 1 rings (SSSR count). The van der Waals surface area contributed by atoms with E-state index in [-0.39, 0.29) is 0 Å². The van der Waals surface area contributed by atoms with E-state index in [1.165, 1.54) is 0 Å². The fourth-order valence-corrected chi connectivity index (χ4v) is 1.98. The first-order valence-electron chi connectivity index (χ1n) is 5.39. The molecule has 1 heterocycles. The Labute approximate surface area is 119 Å². The number of aliphatic hydroxyl groups is 2. The molecule has 3 nitrogen and oxygen atoms in total. The minimum atomic E-state index is -6.79. The Bertz CT molecular complexity index is 447. The van der Waals surface area contributed by atoms with Gasteiger partial charge in [-0.25, -0.2) is 0 Å². The van der Waals surface area contributed by atoms with Crippen molar-refractivity contribution in [3.8, 4) is 0 Å².